The van der Waals surface area contributed by atoms with Crippen molar-refractivity contribution >= 4 is 21.9 Å². The fraction of sp³-hybridized carbons (Fsp3) is 0.421. The first-order valence-corrected chi connectivity index (χ1v) is 9.57. The van der Waals surface area contributed by atoms with Gasteiger partial charge < -0.3 is 15.2 Å². The van der Waals surface area contributed by atoms with Crippen molar-refractivity contribution in [3.8, 4) is 0 Å². The standard InChI is InChI=1S/C19H25BrN6/c1-4-10-21-18(22-12-17-25-24-14(2)26(17)3)23-13-19(8-9-19)15-6-5-7-16(20)11-15/h4-7,11H,1,8-10,12-13H2,2-3H3,(H2,21,22,23). The Labute approximate surface area is 162 Å². The topological polar surface area (TPSA) is 67.1 Å². The smallest absolute Gasteiger partial charge is 0.191 e. The van der Waals surface area contributed by atoms with Crippen molar-refractivity contribution < 1.29 is 0 Å². The minimum absolute atomic E-state index is 0.196. The first-order chi connectivity index (χ1) is 12.5. The molecule has 26 heavy (non-hydrogen) atoms. The van der Waals surface area contributed by atoms with Crippen LogP contribution in [-0.4, -0.2) is 33.8 Å². The lowest BCUT2D eigenvalue weighted by molar-refractivity contribution is 0.645. The lowest BCUT2D eigenvalue weighted by Gasteiger charge is -2.19. The van der Waals surface area contributed by atoms with Crippen molar-refractivity contribution in [2.45, 2.75) is 31.7 Å². The van der Waals surface area contributed by atoms with E-state index in [2.05, 4.69) is 72.6 Å². The number of halogens is 1. The van der Waals surface area contributed by atoms with Gasteiger partial charge in [-0.1, -0.05) is 34.1 Å². The second kappa shape index (κ2) is 8.03. The molecule has 1 aromatic heterocycles. The Balaban J connectivity index is 1.67. The fourth-order valence-corrected chi connectivity index (χ4v) is 3.27. The van der Waals surface area contributed by atoms with Gasteiger partial charge in [0.1, 0.15) is 12.4 Å². The van der Waals surface area contributed by atoms with E-state index in [9.17, 15) is 0 Å². The lowest BCUT2D eigenvalue weighted by Crippen LogP contribution is -2.41. The summed E-state index contributed by atoms with van der Waals surface area (Å²) in [7, 11) is 1.96. The van der Waals surface area contributed by atoms with Crippen LogP contribution in [-0.2, 0) is 19.0 Å². The summed E-state index contributed by atoms with van der Waals surface area (Å²) in [5.41, 5.74) is 1.56. The first-order valence-electron chi connectivity index (χ1n) is 8.78. The third kappa shape index (κ3) is 4.33. The maximum absolute atomic E-state index is 4.66. The number of aryl methyl sites for hydroxylation is 1. The molecule has 0 aliphatic heterocycles. The predicted octanol–water partition coefficient (Wildman–Crippen LogP) is 2.84. The van der Waals surface area contributed by atoms with Gasteiger partial charge in [-0.15, -0.1) is 16.8 Å². The van der Waals surface area contributed by atoms with Crippen LogP contribution < -0.4 is 10.6 Å². The maximum atomic E-state index is 4.66. The summed E-state index contributed by atoms with van der Waals surface area (Å²) in [5.74, 6) is 2.50. The molecule has 0 saturated heterocycles. The van der Waals surface area contributed by atoms with Crippen molar-refractivity contribution in [1.29, 1.82) is 0 Å². The van der Waals surface area contributed by atoms with E-state index in [1.54, 1.807) is 0 Å². The van der Waals surface area contributed by atoms with E-state index in [-0.39, 0.29) is 5.41 Å². The monoisotopic (exact) mass is 416 g/mol. The number of nitrogens with one attached hydrogen (secondary N) is 2. The van der Waals surface area contributed by atoms with Gasteiger partial charge in [0.15, 0.2) is 11.8 Å². The molecule has 2 N–H and O–H groups in total. The van der Waals surface area contributed by atoms with Gasteiger partial charge in [-0.3, -0.25) is 0 Å². The van der Waals surface area contributed by atoms with Crippen LogP contribution in [0, 0.1) is 6.92 Å². The Kier molecular flexibility index (Phi) is 5.76. The molecule has 0 amide bonds. The molecule has 1 saturated carbocycles. The summed E-state index contributed by atoms with van der Waals surface area (Å²) in [6, 6.07) is 8.58. The second-order valence-corrected chi connectivity index (χ2v) is 7.62. The van der Waals surface area contributed by atoms with Crippen LogP contribution >= 0.6 is 15.9 Å². The highest BCUT2D eigenvalue weighted by Gasteiger charge is 2.44. The van der Waals surface area contributed by atoms with Crippen LogP contribution in [0.3, 0.4) is 0 Å². The quantitative estimate of drug-likeness (QED) is 0.413. The molecule has 0 unspecified atom stereocenters. The van der Waals surface area contributed by atoms with Gasteiger partial charge in [-0.05, 0) is 37.5 Å². The highest BCUT2D eigenvalue weighted by molar-refractivity contribution is 9.10. The first kappa shape index (κ1) is 18.6. The molecule has 7 heteroatoms. The van der Waals surface area contributed by atoms with Crippen LogP contribution in [0.2, 0.25) is 0 Å². The van der Waals surface area contributed by atoms with Crippen molar-refractivity contribution in [2.75, 3.05) is 13.1 Å². The Hall–Kier alpha value is -2.15. The number of guanidine groups is 1. The number of aromatic nitrogens is 3. The molecule has 1 fully saturated rings. The maximum Gasteiger partial charge on any atom is 0.191 e. The molecule has 6 nitrogen and oxygen atoms in total. The average molecular weight is 417 g/mol. The van der Waals surface area contributed by atoms with E-state index < -0.39 is 0 Å². The Morgan fingerprint density at radius 3 is 2.81 bits per heavy atom. The minimum Gasteiger partial charge on any atom is -0.355 e. The van der Waals surface area contributed by atoms with Crippen LogP contribution in [0.1, 0.15) is 30.1 Å². The summed E-state index contributed by atoms with van der Waals surface area (Å²) in [4.78, 5) is 4.66. The van der Waals surface area contributed by atoms with E-state index in [0.717, 1.165) is 28.6 Å². The molecular weight excluding hydrogens is 392 g/mol. The Morgan fingerprint density at radius 1 is 1.38 bits per heavy atom. The third-order valence-corrected chi connectivity index (χ3v) is 5.35. The van der Waals surface area contributed by atoms with Crippen molar-refractivity contribution in [3.63, 3.8) is 0 Å². The number of nitrogens with zero attached hydrogens (tertiary/aromatic N) is 4. The minimum atomic E-state index is 0.196. The molecule has 1 aliphatic rings. The lowest BCUT2D eigenvalue weighted by atomic mass is 9.96. The van der Waals surface area contributed by atoms with Crippen molar-refractivity contribution in [1.82, 2.24) is 25.4 Å². The van der Waals surface area contributed by atoms with Gasteiger partial charge in [0.2, 0.25) is 0 Å². The van der Waals surface area contributed by atoms with Crippen LogP contribution in [0.4, 0.5) is 0 Å². The Morgan fingerprint density at radius 2 is 2.19 bits per heavy atom. The van der Waals surface area contributed by atoms with Crippen molar-refractivity contribution in [2.24, 2.45) is 12.0 Å². The molecule has 0 radical (unpaired) electrons. The molecule has 138 valence electrons. The van der Waals surface area contributed by atoms with Gasteiger partial charge in [0, 0.05) is 30.0 Å². The normalized spacial score (nSPS) is 15.6. The van der Waals surface area contributed by atoms with Gasteiger partial charge in [-0.25, -0.2) is 4.99 Å². The Bertz CT molecular complexity index is 806. The van der Waals surface area contributed by atoms with Crippen LogP contribution in [0.15, 0.2) is 46.4 Å². The molecule has 1 heterocycles. The number of hydrogen-bond acceptors (Lipinski definition) is 3. The number of hydrogen-bond donors (Lipinski definition) is 2. The number of rotatable bonds is 7. The average Bonchev–Trinajstić information content (AvgIpc) is 3.37. The zero-order valence-corrected chi connectivity index (χ0v) is 16.9. The van der Waals surface area contributed by atoms with E-state index in [4.69, 9.17) is 0 Å². The van der Waals surface area contributed by atoms with Crippen LogP contribution in [0.25, 0.3) is 0 Å². The second-order valence-electron chi connectivity index (χ2n) is 6.70. The van der Waals surface area contributed by atoms with E-state index in [0.29, 0.717) is 13.1 Å². The highest BCUT2D eigenvalue weighted by atomic mass is 79.9. The summed E-state index contributed by atoms with van der Waals surface area (Å²) in [6.45, 7) is 7.70. The fourth-order valence-electron chi connectivity index (χ4n) is 2.87. The van der Waals surface area contributed by atoms with Crippen LogP contribution in [0.5, 0.6) is 0 Å². The van der Waals surface area contributed by atoms with E-state index >= 15 is 0 Å². The largest absolute Gasteiger partial charge is 0.355 e. The molecule has 2 aromatic rings. The zero-order chi connectivity index (χ0) is 18.6. The predicted molar refractivity (Wildman–Crippen MR) is 108 cm³/mol. The SMILES string of the molecule is C=CCNC(=NCc1nnc(C)n1C)NCC1(c2cccc(Br)c2)CC1. The molecular formula is C19H25BrN6. The molecule has 0 spiro atoms. The van der Waals surface area contributed by atoms with E-state index in [1.165, 1.54) is 18.4 Å². The zero-order valence-electron chi connectivity index (χ0n) is 15.3. The molecule has 1 aliphatic carbocycles. The van der Waals surface area contributed by atoms with E-state index in [1.807, 2.05) is 24.6 Å². The van der Waals surface area contributed by atoms with Gasteiger partial charge in [0.25, 0.3) is 0 Å². The summed E-state index contributed by atoms with van der Waals surface area (Å²) in [6.07, 6.45) is 4.20. The number of aliphatic imine (C=N–C) groups is 1. The van der Waals surface area contributed by atoms with Gasteiger partial charge >= 0.3 is 0 Å². The third-order valence-electron chi connectivity index (χ3n) is 4.86. The summed E-state index contributed by atoms with van der Waals surface area (Å²) in [5, 5.41) is 15.0. The van der Waals surface area contributed by atoms with Gasteiger partial charge in [-0.2, -0.15) is 0 Å². The molecule has 3 rings (SSSR count). The summed E-state index contributed by atoms with van der Waals surface area (Å²) >= 11 is 3.57. The molecule has 0 bridgehead atoms. The summed E-state index contributed by atoms with van der Waals surface area (Å²) < 4.78 is 3.08. The van der Waals surface area contributed by atoms with Crippen molar-refractivity contribution in [3.05, 3.63) is 58.6 Å². The molecule has 0 atom stereocenters. The van der Waals surface area contributed by atoms with Gasteiger partial charge in [0.05, 0.1) is 0 Å². The highest BCUT2D eigenvalue weighted by Crippen LogP contribution is 2.48. The number of benzene rings is 1. The molecule has 1 aromatic carbocycles.